The minimum absolute atomic E-state index is 0.271. The molecule has 0 bridgehead atoms. The van der Waals surface area contributed by atoms with E-state index in [1.807, 2.05) is 18.2 Å². The Hall–Kier alpha value is -2.81. The number of fused-ring (bicyclic) bond motifs is 1. The molecule has 0 spiro atoms. The summed E-state index contributed by atoms with van der Waals surface area (Å²) in [5.74, 6) is 4.73. The smallest absolute Gasteiger partial charge is 0.232 e. The first-order valence-corrected chi connectivity index (χ1v) is 12.8. The van der Waals surface area contributed by atoms with E-state index in [2.05, 4.69) is 40.3 Å². The lowest BCUT2D eigenvalue weighted by Gasteiger charge is -2.36. The van der Waals surface area contributed by atoms with Crippen LogP contribution in [0.5, 0.6) is 11.5 Å². The van der Waals surface area contributed by atoms with Crippen molar-refractivity contribution in [2.75, 3.05) is 41.5 Å². The van der Waals surface area contributed by atoms with E-state index in [0.717, 1.165) is 48.3 Å². The first-order valence-electron chi connectivity index (χ1n) is 12.4. The Balaban J connectivity index is 1.31. The van der Waals surface area contributed by atoms with Crippen molar-refractivity contribution in [1.82, 2.24) is 15.3 Å². The monoisotopic (exact) mass is 482 g/mol. The lowest BCUT2D eigenvalue weighted by atomic mass is 10.0. The molecule has 2 atom stereocenters. The van der Waals surface area contributed by atoms with E-state index >= 15 is 0 Å². The van der Waals surface area contributed by atoms with Gasteiger partial charge in [0.2, 0.25) is 12.7 Å². The van der Waals surface area contributed by atoms with Crippen molar-refractivity contribution in [3.05, 3.63) is 29.8 Å². The summed E-state index contributed by atoms with van der Waals surface area (Å²) in [5, 5.41) is 7.01. The van der Waals surface area contributed by atoms with E-state index in [-0.39, 0.29) is 6.79 Å². The molecule has 9 heteroatoms. The number of piperidine rings is 2. The highest BCUT2D eigenvalue weighted by Crippen LogP contribution is 2.32. The van der Waals surface area contributed by atoms with Crippen LogP contribution in [0.4, 0.5) is 17.6 Å². The van der Waals surface area contributed by atoms with Crippen LogP contribution in [-0.4, -0.2) is 47.5 Å². The summed E-state index contributed by atoms with van der Waals surface area (Å²) in [7, 11) is 0. The molecule has 8 nitrogen and oxygen atoms in total. The van der Waals surface area contributed by atoms with Crippen LogP contribution in [0.2, 0.25) is 0 Å². The van der Waals surface area contributed by atoms with Crippen LogP contribution in [-0.2, 0) is 6.54 Å². The second kappa shape index (κ2) is 10.2. The van der Waals surface area contributed by atoms with Gasteiger partial charge in [0, 0.05) is 38.3 Å². The minimum atomic E-state index is 0.271. The number of hydrogen-bond donors (Lipinski definition) is 2. The summed E-state index contributed by atoms with van der Waals surface area (Å²) in [6, 6.07) is 8.54. The standard InChI is InChI=1S/C25H34N6O2S/c1-17-6-5-10-30(15-17)22-13-23(31-11-4-3-7-18(31)2)28-24(27-22)29-25(34)26-14-19-8-9-20-21(12-19)33-16-32-20/h8-9,12-13,17-18H,3-7,10-11,14-16H2,1-2H3,(H2,26,27,28,29,34)/t17-,18-/m0/s1. The van der Waals surface area contributed by atoms with E-state index in [4.69, 9.17) is 31.7 Å². The number of benzene rings is 1. The van der Waals surface area contributed by atoms with Gasteiger partial charge in [-0.3, -0.25) is 0 Å². The maximum absolute atomic E-state index is 5.59. The van der Waals surface area contributed by atoms with E-state index in [0.29, 0.717) is 29.6 Å². The van der Waals surface area contributed by atoms with Crippen LogP contribution >= 0.6 is 12.2 Å². The SMILES string of the molecule is C[C@H]1CCCN(c2cc(N3CCCC[C@@H]3C)nc(NC(=S)NCc3ccc4c(c3)OCO4)n2)C1. The zero-order chi connectivity index (χ0) is 23.5. The van der Waals surface area contributed by atoms with Crippen LogP contribution in [0.3, 0.4) is 0 Å². The molecule has 0 aliphatic carbocycles. The Labute approximate surface area is 207 Å². The van der Waals surface area contributed by atoms with Gasteiger partial charge in [-0.25, -0.2) is 0 Å². The third kappa shape index (κ3) is 5.29. The molecule has 0 radical (unpaired) electrons. The van der Waals surface area contributed by atoms with Gasteiger partial charge in [-0.15, -0.1) is 0 Å². The quantitative estimate of drug-likeness (QED) is 0.607. The fraction of sp³-hybridized carbons (Fsp3) is 0.560. The Kier molecular flexibility index (Phi) is 6.89. The van der Waals surface area contributed by atoms with Crippen molar-refractivity contribution in [2.45, 2.75) is 58.5 Å². The predicted octanol–water partition coefficient (Wildman–Crippen LogP) is 4.31. The van der Waals surface area contributed by atoms with Crippen LogP contribution in [0.1, 0.15) is 51.5 Å². The molecule has 2 saturated heterocycles. The summed E-state index contributed by atoms with van der Waals surface area (Å²) in [6.45, 7) is 8.53. The third-order valence-corrected chi connectivity index (χ3v) is 7.14. The van der Waals surface area contributed by atoms with Crippen LogP contribution in [0, 0.1) is 5.92 Å². The Morgan fingerprint density at radius 3 is 2.74 bits per heavy atom. The summed E-state index contributed by atoms with van der Waals surface area (Å²) in [5.41, 5.74) is 1.06. The highest BCUT2D eigenvalue weighted by Gasteiger charge is 2.24. The maximum atomic E-state index is 5.59. The maximum Gasteiger partial charge on any atom is 0.232 e. The molecule has 4 heterocycles. The van der Waals surface area contributed by atoms with Crippen LogP contribution in [0.15, 0.2) is 24.3 Å². The Morgan fingerprint density at radius 1 is 1.03 bits per heavy atom. The summed E-state index contributed by atoms with van der Waals surface area (Å²) in [6.07, 6.45) is 6.13. The van der Waals surface area contributed by atoms with Gasteiger partial charge >= 0.3 is 0 Å². The van der Waals surface area contributed by atoms with Crippen molar-refractivity contribution < 1.29 is 9.47 Å². The normalized spacial score (nSPS) is 21.9. The van der Waals surface area contributed by atoms with Gasteiger partial charge < -0.3 is 29.9 Å². The second-order valence-corrected chi connectivity index (χ2v) is 10.0. The number of anilines is 3. The number of rotatable bonds is 5. The van der Waals surface area contributed by atoms with Gasteiger partial charge in [-0.1, -0.05) is 13.0 Å². The van der Waals surface area contributed by atoms with Crippen molar-refractivity contribution in [3.8, 4) is 11.5 Å². The van der Waals surface area contributed by atoms with E-state index in [1.54, 1.807) is 0 Å². The highest BCUT2D eigenvalue weighted by molar-refractivity contribution is 7.80. The second-order valence-electron chi connectivity index (χ2n) is 9.63. The molecule has 5 rings (SSSR count). The Bertz CT molecular complexity index is 1030. The minimum Gasteiger partial charge on any atom is -0.454 e. The van der Waals surface area contributed by atoms with Gasteiger partial charge in [-0.05, 0) is 74.9 Å². The molecule has 0 amide bonds. The van der Waals surface area contributed by atoms with Crippen molar-refractivity contribution >= 4 is 34.9 Å². The molecule has 1 aromatic heterocycles. The number of aromatic nitrogens is 2. The highest BCUT2D eigenvalue weighted by atomic mass is 32.1. The lowest BCUT2D eigenvalue weighted by Crippen LogP contribution is -2.39. The average Bonchev–Trinajstić information content (AvgIpc) is 3.31. The zero-order valence-electron chi connectivity index (χ0n) is 20.0. The number of nitrogens with one attached hydrogen (secondary N) is 2. The first kappa shape index (κ1) is 23.0. The molecule has 0 saturated carbocycles. The van der Waals surface area contributed by atoms with Gasteiger partial charge in [0.15, 0.2) is 16.6 Å². The molecule has 0 unspecified atom stereocenters. The first-order chi connectivity index (χ1) is 16.5. The van der Waals surface area contributed by atoms with Crippen molar-refractivity contribution in [3.63, 3.8) is 0 Å². The van der Waals surface area contributed by atoms with Gasteiger partial charge in [0.05, 0.1) is 0 Å². The van der Waals surface area contributed by atoms with E-state index < -0.39 is 0 Å². The molecule has 3 aliphatic heterocycles. The number of ether oxygens (including phenoxy) is 2. The van der Waals surface area contributed by atoms with E-state index in [9.17, 15) is 0 Å². The van der Waals surface area contributed by atoms with Crippen molar-refractivity contribution in [2.24, 2.45) is 5.92 Å². The molecule has 34 heavy (non-hydrogen) atoms. The lowest BCUT2D eigenvalue weighted by molar-refractivity contribution is 0.174. The number of hydrogen-bond acceptors (Lipinski definition) is 7. The predicted molar refractivity (Wildman–Crippen MR) is 139 cm³/mol. The van der Waals surface area contributed by atoms with Crippen LogP contribution in [0.25, 0.3) is 0 Å². The number of nitrogens with zero attached hydrogens (tertiary/aromatic N) is 4. The van der Waals surface area contributed by atoms with Gasteiger partial charge in [0.25, 0.3) is 0 Å². The molecule has 2 N–H and O–H groups in total. The molecule has 2 fully saturated rings. The third-order valence-electron chi connectivity index (χ3n) is 6.89. The summed E-state index contributed by atoms with van der Waals surface area (Å²) in [4.78, 5) is 14.5. The molecule has 1 aromatic carbocycles. The largest absolute Gasteiger partial charge is 0.454 e. The number of thiocarbonyl (C=S) groups is 1. The van der Waals surface area contributed by atoms with Gasteiger partial charge in [0.1, 0.15) is 11.6 Å². The molecular formula is C25H34N6O2S. The fourth-order valence-corrected chi connectivity index (χ4v) is 5.17. The topological polar surface area (TPSA) is 74.8 Å². The molecule has 182 valence electrons. The van der Waals surface area contributed by atoms with Gasteiger partial charge in [-0.2, -0.15) is 9.97 Å². The van der Waals surface area contributed by atoms with Crippen LogP contribution < -0.4 is 29.9 Å². The van der Waals surface area contributed by atoms with Crippen molar-refractivity contribution in [1.29, 1.82) is 0 Å². The molecular weight excluding hydrogens is 448 g/mol. The Morgan fingerprint density at radius 2 is 1.88 bits per heavy atom. The zero-order valence-corrected chi connectivity index (χ0v) is 20.9. The molecule has 3 aliphatic rings. The van der Waals surface area contributed by atoms with E-state index in [1.165, 1.54) is 32.1 Å². The molecule has 2 aromatic rings. The fourth-order valence-electron chi connectivity index (χ4n) is 5.00. The average molecular weight is 483 g/mol. The summed E-state index contributed by atoms with van der Waals surface area (Å²) < 4.78 is 10.9. The summed E-state index contributed by atoms with van der Waals surface area (Å²) >= 11 is 5.59.